The van der Waals surface area contributed by atoms with Crippen molar-refractivity contribution in [3.63, 3.8) is 0 Å². The van der Waals surface area contributed by atoms with Gasteiger partial charge in [-0.15, -0.1) is 0 Å². The Balaban J connectivity index is 1.49. The highest BCUT2D eigenvalue weighted by molar-refractivity contribution is 5.98. The third kappa shape index (κ3) is 5.88. The zero-order valence-corrected chi connectivity index (χ0v) is 22.6. The molecule has 0 atom stereocenters. The van der Waals surface area contributed by atoms with E-state index >= 15 is 0 Å². The number of aromatic amines is 2. The minimum absolute atomic E-state index is 0.663. The Bertz CT molecular complexity index is 1690. The van der Waals surface area contributed by atoms with Crippen LogP contribution in [0.2, 0.25) is 0 Å². The van der Waals surface area contributed by atoms with Crippen LogP contribution in [0.1, 0.15) is 67.9 Å². The summed E-state index contributed by atoms with van der Waals surface area (Å²) in [5.74, 6) is 1.57. The molecule has 0 fully saturated rings. The number of benzene rings is 1. The smallest absolute Gasteiger partial charge is 0.154 e. The Hall–Kier alpha value is -4.38. The van der Waals surface area contributed by atoms with Gasteiger partial charge >= 0.3 is 0 Å². The highest BCUT2D eigenvalue weighted by Crippen LogP contribution is 2.36. The normalized spacial score (nSPS) is 12.9. The van der Waals surface area contributed by atoms with Gasteiger partial charge in [-0.05, 0) is 78.6 Å². The zero-order chi connectivity index (χ0) is 26.6. The first-order valence-corrected chi connectivity index (χ1v) is 13.9. The number of hydrogen-bond acceptors (Lipinski definition) is 3. The lowest BCUT2D eigenvalue weighted by Crippen LogP contribution is -1.97. The number of H-pyrrole nitrogens is 2. The number of unbranched alkanes of at least 4 members (excludes halogenated alkanes) is 2. The van der Waals surface area contributed by atoms with Crippen LogP contribution in [0.5, 0.6) is 0 Å². The van der Waals surface area contributed by atoms with Gasteiger partial charge in [0.2, 0.25) is 0 Å². The maximum absolute atomic E-state index is 6.56. The lowest BCUT2D eigenvalue weighted by molar-refractivity contribution is 0.266. The number of ether oxygens (including phenoxy) is 1. The molecule has 0 saturated heterocycles. The number of rotatable bonds is 8. The summed E-state index contributed by atoms with van der Waals surface area (Å²) in [4.78, 5) is 16.9. The van der Waals surface area contributed by atoms with Gasteiger partial charge in [-0.2, -0.15) is 0 Å². The first-order chi connectivity index (χ1) is 19.1. The molecule has 0 unspecified atom stereocenters. The van der Waals surface area contributed by atoms with Crippen LogP contribution in [0.15, 0.2) is 78.9 Å². The Labute approximate surface area is 229 Å². The van der Waals surface area contributed by atoms with Crippen molar-refractivity contribution in [2.24, 2.45) is 5.92 Å². The molecule has 2 N–H and O–H groups in total. The predicted molar refractivity (Wildman–Crippen MR) is 162 cm³/mol. The van der Waals surface area contributed by atoms with E-state index in [4.69, 9.17) is 14.7 Å². The quantitative estimate of drug-likeness (QED) is 0.204. The van der Waals surface area contributed by atoms with Crippen LogP contribution in [-0.2, 0) is 4.74 Å². The number of nitrogens with one attached hydrogen (secondary N) is 2. The molecule has 196 valence electrons. The van der Waals surface area contributed by atoms with Crippen LogP contribution in [0.25, 0.3) is 45.6 Å². The number of hydrogen-bond donors (Lipinski definition) is 2. The van der Waals surface area contributed by atoms with E-state index in [-0.39, 0.29) is 0 Å². The molecule has 2 aliphatic heterocycles. The van der Waals surface area contributed by atoms with Crippen LogP contribution in [0.3, 0.4) is 0 Å². The zero-order valence-electron chi connectivity index (χ0n) is 22.6. The van der Waals surface area contributed by atoms with Gasteiger partial charge in [0.15, 0.2) is 5.76 Å². The Morgan fingerprint density at radius 2 is 1.33 bits per heavy atom. The summed E-state index contributed by atoms with van der Waals surface area (Å²) in [6, 6.07) is 27.0. The molecule has 0 radical (unpaired) electrons. The average molecular weight is 515 g/mol. The lowest BCUT2D eigenvalue weighted by atomic mass is 10.0. The molecule has 3 aromatic heterocycles. The van der Waals surface area contributed by atoms with Crippen LogP contribution in [-0.4, -0.2) is 26.5 Å². The highest BCUT2D eigenvalue weighted by Gasteiger charge is 2.23. The van der Waals surface area contributed by atoms with E-state index in [0.717, 1.165) is 80.5 Å². The molecule has 4 aromatic rings. The fourth-order valence-electron chi connectivity index (χ4n) is 5.08. The van der Waals surface area contributed by atoms with E-state index in [2.05, 4.69) is 96.6 Å². The molecule has 8 bridgehead atoms. The summed E-state index contributed by atoms with van der Waals surface area (Å²) in [6.45, 7) is 5.23. The summed E-state index contributed by atoms with van der Waals surface area (Å²) in [7, 11) is 0. The molecule has 1 aromatic carbocycles. The molecule has 5 heterocycles. The Morgan fingerprint density at radius 3 is 2.05 bits per heavy atom. The second kappa shape index (κ2) is 11.2. The van der Waals surface area contributed by atoms with Gasteiger partial charge in [-0.1, -0.05) is 63.4 Å². The van der Waals surface area contributed by atoms with E-state index in [1.165, 1.54) is 12.8 Å². The van der Waals surface area contributed by atoms with Crippen molar-refractivity contribution in [1.29, 1.82) is 0 Å². The Morgan fingerprint density at radius 1 is 0.667 bits per heavy atom. The van der Waals surface area contributed by atoms with E-state index in [1.807, 2.05) is 18.2 Å². The summed E-state index contributed by atoms with van der Waals surface area (Å²) < 4.78 is 6.56. The molecule has 5 nitrogen and oxygen atoms in total. The first-order valence-electron chi connectivity index (χ1n) is 13.9. The SMILES string of the molecule is CC(C)CCCCCOC1=C(c2ccccc2)c2cc3nc(cc4ccc(cc5ccc(cc1n2)[nH]5)[nH]4)C=C3. The van der Waals surface area contributed by atoms with Crippen molar-refractivity contribution in [3.05, 3.63) is 107 Å². The minimum atomic E-state index is 0.663. The van der Waals surface area contributed by atoms with E-state index < -0.39 is 0 Å². The van der Waals surface area contributed by atoms with Gasteiger partial charge in [0, 0.05) is 22.1 Å². The van der Waals surface area contributed by atoms with Crippen LogP contribution >= 0.6 is 0 Å². The van der Waals surface area contributed by atoms with Crippen molar-refractivity contribution in [3.8, 4) is 0 Å². The fraction of sp³-hybridized carbons (Fsp3) is 0.235. The van der Waals surface area contributed by atoms with Crippen molar-refractivity contribution < 1.29 is 4.74 Å². The molecule has 5 heteroatoms. The number of aromatic nitrogens is 4. The van der Waals surface area contributed by atoms with E-state index in [9.17, 15) is 0 Å². The summed E-state index contributed by atoms with van der Waals surface area (Å²) in [5.41, 5.74) is 9.59. The molecule has 0 amide bonds. The highest BCUT2D eigenvalue weighted by atomic mass is 16.5. The van der Waals surface area contributed by atoms with Crippen LogP contribution in [0.4, 0.5) is 0 Å². The maximum Gasteiger partial charge on any atom is 0.154 e. The molecule has 0 spiro atoms. The number of fused-ring (bicyclic) bond motifs is 8. The van der Waals surface area contributed by atoms with Gasteiger partial charge in [-0.3, -0.25) is 0 Å². The third-order valence-electron chi connectivity index (χ3n) is 7.03. The second-order valence-corrected chi connectivity index (χ2v) is 10.7. The third-order valence-corrected chi connectivity index (χ3v) is 7.03. The standard InChI is InChI=1S/C34H34N4O/c1-23(2)9-5-4-8-18-39-34-32-22-30-17-15-28(37-30)20-26-13-12-25(35-26)19-27-14-16-29(36-27)21-31(38-32)33(34)24-10-6-3-7-11-24/h3,6-7,10-17,19-23,35,37H,4-5,8-9,18H2,1-2H3. The molecule has 0 saturated carbocycles. The van der Waals surface area contributed by atoms with Crippen molar-refractivity contribution in [1.82, 2.24) is 19.9 Å². The summed E-state index contributed by atoms with van der Waals surface area (Å²) >= 11 is 0. The largest absolute Gasteiger partial charge is 0.491 e. The topological polar surface area (TPSA) is 66.6 Å². The fourth-order valence-corrected chi connectivity index (χ4v) is 5.08. The van der Waals surface area contributed by atoms with Gasteiger partial charge < -0.3 is 14.7 Å². The summed E-state index contributed by atoms with van der Waals surface area (Å²) in [6.07, 6.45) is 8.76. The predicted octanol–water partition coefficient (Wildman–Crippen LogP) is 8.63. The van der Waals surface area contributed by atoms with Crippen molar-refractivity contribution in [2.75, 3.05) is 6.61 Å². The molecule has 39 heavy (non-hydrogen) atoms. The van der Waals surface area contributed by atoms with Gasteiger partial charge in [-0.25, -0.2) is 9.97 Å². The van der Waals surface area contributed by atoms with Crippen molar-refractivity contribution in [2.45, 2.75) is 39.5 Å². The Kier molecular flexibility index (Phi) is 7.13. The first kappa shape index (κ1) is 24.9. The molecule has 2 aliphatic rings. The molecular weight excluding hydrogens is 480 g/mol. The maximum atomic E-state index is 6.56. The van der Waals surface area contributed by atoms with Gasteiger partial charge in [0.05, 0.1) is 29.3 Å². The van der Waals surface area contributed by atoms with Gasteiger partial charge in [0.1, 0.15) is 5.69 Å². The van der Waals surface area contributed by atoms with E-state index in [0.29, 0.717) is 6.61 Å². The molecular formula is C34H34N4O. The number of nitrogens with zero attached hydrogens (tertiary/aromatic N) is 2. The average Bonchev–Trinajstić information content (AvgIpc) is 3.72. The van der Waals surface area contributed by atoms with Crippen LogP contribution < -0.4 is 0 Å². The van der Waals surface area contributed by atoms with Crippen molar-refractivity contribution >= 4 is 45.6 Å². The monoisotopic (exact) mass is 514 g/mol. The van der Waals surface area contributed by atoms with Gasteiger partial charge in [0.25, 0.3) is 0 Å². The lowest BCUT2D eigenvalue weighted by Gasteiger charge is -2.11. The van der Waals surface area contributed by atoms with E-state index in [1.54, 1.807) is 0 Å². The summed E-state index contributed by atoms with van der Waals surface area (Å²) in [5, 5.41) is 0. The van der Waals surface area contributed by atoms with Crippen LogP contribution in [0, 0.1) is 5.92 Å². The minimum Gasteiger partial charge on any atom is -0.491 e. The second-order valence-electron chi connectivity index (χ2n) is 10.7. The molecule has 6 rings (SSSR count). The molecule has 0 aliphatic carbocycles.